The Morgan fingerprint density at radius 1 is 0.800 bits per heavy atom. The van der Waals surface area contributed by atoms with E-state index in [-0.39, 0.29) is 6.04 Å². The van der Waals surface area contributed by atoms with E-state index in [0.29, 0.717) is 0 Å². The van der Waals surface area contributed by atoms with Gasteiger partial charge in [-0.25, -0.2) is 4.98 Å². The van der Waals surface area contributed by atoms with Gasteiger partial charge in [-0.1, -0.05) is 66.2 Å². The van der Waals surface area contributed by atoms with Crippen molar-refractivity contribution in [1.29, 1.82) is 0 Å². The molecule has 0 spiro atoms. The zero-order chi connectivity index (χ0) is 20.3. The molecular formula is C25H25ClN4. The minimum absolute atomic E-state index is 0.247. The summed E-state index contributed by atoms with van der Waals surface area (Å²) in [6, 6.07) is 27.5. The average molecular weight is 417 g/mol. The maximum Gasteiger partial charge on any atom is 0.121 e. The van der Waals surface area contributed by atoms with Crippen molar-refractivity contribution >= 4 is 22.6 Å². The molecule has 4 aromatic rings. The zero-order valence-corrected chi connectivity index (χ0v) is 17.6. The van der Waals surface area contributed by atoms with Gasteiger partial charge in [0.2, 0.25) is 0 Å². The summed E-state index contributed by atoms with van der Waals surface area (Å²) in [6.07, 6.45) is 0. The predicted molar refractivity (Wildman–Crippen MR) is 123 cm³/mol. The lowest BCUT2D eigenvalue weighted by Gasteiger charge is -2.39. The van der Waals surface area contributed by atoms with Gasteiger partial charge in [0.1, 0.15) is 5.82 Å². The second kappa shape index (κ2) is 8.60. The van der Waals surface area contributed by atoms with Crippen molar-refractivity contribution in [2.75, 3.05) is 26.2 Å². The van der Waals surface area contributed by atoms with E-state index < -0.39 is 0 Å². The van der Waals surface area contributed by atoms with Crippen molar-refractivity contribution in [3.63, 3.8) is 0 Å². The average Bonchev–Trinajstić information content (AvgIpc) is 3.19. The Morgan fingerprint density at radius 2 is 1.47 bits per heavy atom. The fourth-order valence-electron chi connectivity index (χ4n) is 4.37. The Kier molecular flexibility index (Phi) is 5.54. The number of para-hydroxylation sites is 2. The van der Waals surface area contributed by atoms with E-state index in [9.17, 15) is 0 Å². The molecule has 152 valence electrons. The van der Waals surface area contributed by atoms with Gasteiger partial charge in [-0.15, -0.1) is 0 Å². The maximum atomic E-state index is 6.14. The number of nitrogens with zero attached hydrogens (tertiary/aromatic N) is 3. The fraction of sp³-hybridized carbons (Fsp3) is 0.240. The summed E-state index contributed by atoms with van der Waals surface area (Å²) in [6.45, 7) is 4.94. The lowest BCUT2D eigenvalue weighted by Crippen LogP contribution is -2.47. The van der Waals surface area contributed by atoms with Crippen LogP contribution in [0.25, 0.3) is 11.0 Å². The number of piperazine rings is 1. The largest absolute Gasteiger partial charge is 0.341 e. The van der Waals surface area contributed by atoms with Crippen LogP contribution in [0.5, 0.6) is 0 Å². The molecule has 1 N–H and O–H groups in total. The summed E-state index contributed by atoms with van der Waals surface area (Å²) < 4.78 is 0. The van der Waals surface area contributed by atoms with Gasteiger partial charge in [-0.3, -0.25) is 9.80 Å². The molecule has 0 bridgehead atoms. The van der Waals surface area contributed by atoms with Gasteiger partial charge in [0.25, 0.3) is 0 Å². The standard InChI is InChI=1S/C25H25ClN4/c26-21-12-10-20(11-13-21)25(19-6-2-1-3-7-19)30-16-14-29(15-17-30)18-24-27-22-8-4-5-9-23(22)28-24/h1-13,25H,14-18H2,(H,27,28). The van der Waals surface area contributed by atoms with E-state index in [1.807, 2.05) is 24.3 Å². The lowest BCUT2D eigenvalue weighted by atomic mass is 9.96. The smallest absolute Gasteiger partial charge is 0.121 e. The van der Waals surface area contributed by atoms with Gasteiger partial charge in [-0.05, 0) is 35.4 Å². The minimum atomic E-state index is 0.247. The highest BCUT2D eigenvalue weighted by atomic mass is 35.5. The highest BCUT2D eigenvalue weighted by molar-refractivity contribution is 6.30. The van der Waals surface area contributed by atoms with Crippen LogP contribution >= 0.6 is 11.6 Å². The Labute approximate surface area is 182 Å². The number of rotatable bonds is 5. The molecular weight excluding hydrogens is 392 g/mol. The number of halogens is 1. The number of imidazole rings is 1. The first kappa shape index (κ1) is 19.3. The molecule has 0 saturated carbocycles. The first-order valence-corrected chi connectivity index (χ1v) is 10.8. The molecule has 0 radical (unpaired) electrons. The van der Waals surface area contributed by atoms with Gasteiger partial charge >= 0.3 is 0 Å². The quantitative estimate of drug-likeness (QED) is 0.490. The van der Waals surface area contributed by atoms with Gasteiger partial charge in [-0.2, -0.15) is 0 Å². The summed E-state index contributed by atoms with van der Waals surface area (Å²) in [5.41, 5.74) is 4.76. The van der Waals surface area contributed by atoms with Crippen molar-refractivity contribution in [3.05, 3.63) is 101 Å². The molecule has 5 heteroatoms. The van der Waals surface area contributed by atoms with Crippen molar-refractivity contribution < 1.29 is 0 Å². The van der Waals surface area contributed by atoms with E-state index in [4.69, 9.17) is 16.6 Å². The predicted octanol–water partition coefficient (Wildman–Crippen LogP) is 5.12. The Bertz CT molecular complexity index is 1070. The molecule has 3 aromatic carbocycles. The molecule has 2 heterocycles. The molecule has 0 amide bonds. The van der Waals surface area contributed by atoms with Crippen molar-refractivity contribution in [2.24, 2.45) is 0 Å². The lowest BCUT2D eigenvalue weighted by molar-refractivity contribution is 0.103. The third-order valence-electron chi connectivity index (χ3n) is 5.88. The minimum Gasteiger partial charge on any atom is -0.341 e. The van der Waals surface area contributed by atoms with Crippen LogP contribution in [0.4, 0.5) is 0 Å². The maximum absolute atomic E-state index is 6.14. The van der Waals surface area contributed by atoms with Crippen LogP contribution in [0.2, 0.25) is 5.02 Å². The number of fused-ring (bicyclic) bond motifs is 1. The normalized spacial score (nSPS) is 16.7. The second-order valence-electron chi connectivity index (χ2n) is 7.88. The third kappa shape index (κ3) is 4.12. The molecule has 1 aromatic heterocycles. The highest BCUT2D eigenvalue weighted by Crippen LogP contribution is 2.30. The molecule has 1 atom stereocenters. The Morgan fingerprint density at radius 3 is 2.20 bits per heavy atom. The first-order valence-electron chi connectivity index (χ1n) is 10.5. The van der Waals surface area contributed by atoms with Gasteiger partial charge in [0.15, 0.2) is 0 Å². The summed E-state index contributed by atoms with van der Waals surface area (Å²) in [5, 5.41) is 0.779. The second-order valence-corrected chi connectivity index (χ2v) is 8.31. The van der Waals surface area contributed by atoms with Crippen molar-refractivity contribution in [3.8, 4) is 0 Å². The van der Waals surface area contributed by atoms with E-state index in [0.717, 1.165) is 54.6 Å². The van der Waals surface area contributed by atoms with Crippen LogP contribution in [0.15, 0.2) is 78.9 Å². The Balaban J connectivity index is 1.31. The summed E-state index contributed by atoms with van der Waals surface area (Å²) >= 11 is 6.14. The van der Waals surface area contributed by atoms with Crippen molar-refractivity contribution in [2.45, 2.75) is 12.6 Å². The van der Waals surface area contributed by atoms with E-state index >= 15 is 0 Å². The summed E-state index contributed by atoms with van der Waals surface area (Å²) in [7, 11) is 0. The fourth-order valence-corrected chi connectivity index (χ4v) is 4.49. The van der Waals surface area contributed by atoms with Crippen LogP contribution in [-0.2, 0) is 6.54 Å². The third-order valence-corrected chi connectivity index (χ3v) is 6.14. The zero-order valence-electron chi connectivity index (χ0n) is 16.8. The molecule has 0 aliphatic carbocycles. The molecule has 1 unspecified atom stereocenters. The van der Waals surface area contributed by atoms with Crippen LogP contribution in [0, 0.1) is 0 Å². The van der Waals surface area contributed by atoms with Gasteiger partial charge in [0.05, 0.1) is 23.6 Å². The number of benzene rings is 3. The van der Waals surface area contributed by atoms with E-state index in [1.54, 1.807) is 0 Å². The molecule has 1 fully saturated rings. The monoisotopic (exact) mass is 416 g/mol. The molecule has 5 rings (SSSR count). The van der Waals surface area contributed by atoms with Gasteiger partial charge < -0.3 is 4.98 Å². The van der Waals surface area contributed by atoms with Crippen molar-refractivity contribution in [1.82, 2.24) is 19.8 Å². The topological polar surface area (TPSA) is 35.2 Å². The Hall–Kier alpha value is -2.66. The highest BCUT2D eigenvalue weighted by Gasteiger charge is 2.26. The van der Waals surface area contributed by atoms with E-state index in [2.05, 4.69) is 69.4 Å². The first-order chi connectivity index (χ1) is 14.8. The number of H-pyrrole nitrogens is 1. The SMILES string of the molecule is Clc1ccc(C(c2ccccc2)N2CCN(Cc3nc4ccccc4[nH]3)CC2)cc1. The number of hydrogen-bond donors (Lipinski definition) is 1. The van der Waals surface area contributed by atoms with E-state index in [1.165, 1.54) is 11.1 Å². The molecule has 1 aliphatic rings. The number of aromatic amines is 1. The molecule has 1 saturated heterocycles. The molecule has 4 nitrogen and oxygen atoms in total. The van der Waals surface area contributed by atoms with Crippen LogP contribution < -0.4 is 0 Å². The van der Waals surface area contributed by atoms with Crippen LogP contribution in [-0.4, -0.2) is 45.9 Å². The number of nitrogens with one attached hydrogen (secondary N) is 1. The summed E-state index contributed by atoms with van der Waals surface area (Å²) in [5.74, 6) is 1.04. The summed E-state index contributed by atoms with van der Waals surface area (Å²) in [4.78, 5) is 13.3. The molecule has 30 heavy (non-hydrogen) atoms. The molecule has 1 aliphatic heterocycles. The number of hydrogen-bond acceptors (Lipinski definition) is 3. The van der Waals surface area contributed by atoms with Gasteiger partial charge in [0, 0.05) is 31.2 Å². The van der Waals surface area contributed by atoms with Crippen LogP contribution in [0.1, 0.15) is 23.0 Å². The van der Waals surface area contributed by atoms with Crippen LogP contribution in [0.3, 0.4) is 0 Å². The number of aromatic nitrogens is 2.